The second-order valence-corrected chi connectivity index (χ2v) is 9.24. The molecular weight excluding hydrogens is 445 g/mol. The Morgan fingerprint density at radius 1 is 1.09 bits per heavy atom. The zero-order valence-corrected chi connectivity index (χ0v) is 18.5. The monoisotopic (exact) mass is 470 g/mol. The van der Waals surface area contributed by atoms with Crippen molar-refractivity contribution in [2.75, 3.05) is 16.8 Å². The fraction of sp³-hybridized carbons (Fsp3) is 0.385. The van der Waals surface area contributed by atoms with E-state index in [0.29, 0.717) is 36.1 Å². The smallest absolute Gasteiger partial charge is 0.393 e. The summed E-state index contributed by atoms with van der Waals surface area (Å²) >= 11 is 0. The van der Waals surface area contributed by atoms with E-state index in [1.807, 2.05) is 12.1 Å². The summed E-state index contributed by atoms with van der Waals surface area (Å²) < 4.78 is 40.1. The van der Waals surface area contributed by atoms with Crippen LogP contribution in [-0.4, -0.2) is 29.6 Å². The average molecular weight is 470 g/mol. The maximum Gasteiger partial charge on any atom is 0.416 e. The van der Waals surface area contributed by atoms with E-state index in [-0.39, 0.29) is 24.1 Å². The highest BCUT2D eigenvalue weighted by Crippen LogP contribution is 2.42. The Hall–Kier alpha value is -3.13. The van der Waals surface area contributed by atoms with Gasteiger partial charge in [0.25, 0.3) is 0 Å². The molecule has 0 bridgehead atoms. The molecule has 1 saturated carbocycles. The topological polar surface area (TPSA) is 69.6 Å². The third kappa shape index (κ3) is 4.46. The molecule has 5 rings (SSSR count). The van der Waals surface area contributed by atoms with Crippen LogP contribution in [0.2, 0.25) is 0 Å². The number of aryl methyl sites for hydroxylation is 1. The van der Waals surface area contributed by atoms with Gasteiger partial charge in [-0.1, -0.05) is 18.2 Å². The van der Waals surface area contributed by atoms with E-state index in [1.165, 1.54) is 17.0 Å². The number of carbonyl (C=O) groups is 2. The fourth-order valence-electron chi connectivity index (χ4n) is 4.83. The molecule has 1 atom stereocenters. The number of alkyl halides is 3. The second kappa shape index (κ2) is 8.58. The molecule has 0 spiro atoms. The summed E-state index contributed by atoms with van der Waals surface area (Å²) in [5.74, 6) is -0.675. The van der Waals surface area contributed by atoms with Gasteiger partial charge in [-0.05, 0) is 67.0 Å². The molecule has 1 aliphatic heterocycles. The molecule has 8 heteroatoms. The fourth-order valence-corrected chi connectivity index (χ4v) is 4.83. The molecule has 3 aliphatic rings. The van der Waals surface area contributed by atoms with Crippen LogP contribution >= 0.6 is 0 Å². The highest BCUT2D eigenvalue weighted by Gasteiger charge is 2.38. The summed E-state index contributed by atoms with van der Waals surface area (Å²) in [6.45, 7) is 0.232. The predicted molar refractivity (Wildman–Crippen MR) is 122 cm³/mol. The summed E-state index contributed by atoms with van der Waals surface area (Å²) in [4.78, 5) is 27.1. The summed E-state index contributed by atoms with van der Waals surface area (Å²) in [6, 6.07) is 8.98. The van der Waals surface area contributed by atoms with Gasteiger partial charge < -0.3 is 15.3 Å². The minimum Gasteiger partial charge on any atom is -0.393 e. The molecule has 1 unspecified atom stereocenters. The highest BCUT2D eigenvalue weighted by molar-refractivity contribution is 6.07. The van der Waals surface area contributed by atoms with Gasteiger partial charge >= 0.3 is 6.18 Å². The molecule has 0 radical (unpaired) electrons. The van der Waals surface area contributed by atoms with Crippen molar-refractivity contribution in [1.29, 1.82) is 0 Å². The van der Waals surface area contributed by atoms with Crippen LogP contribution in [0.5, 0.6) is 0 Å². The SMILES string of the molecule is O=C(C=C1CCN(C(=O)C2CC2)c2cc(C(F)(F)F)ccc21)Nc1cccc2c1CC(O)CC2. The van der Waals surface area contributed by atoms with E-state index in [9.17, 15) is 27.9 Å². The van der Waals surface area contributed by atoms with Crippen molar-refractivity contribution in [3.63, 3.8) is 0 Å². The molecule has 178 valence electrons. The number of anilines is 2. The minimum absolute atomic E-state index is 0.129. The first-order valence-corrected chi connectivity index (χ1v) is 11.5. The molecule has 1 heterocycles. The van der Waals surface area contributed by atoms with Gasteiger partial charge in [0.1, 0.15) is 0 Å². The lowest BCUT2D eigenvalue weighted by molar-refractivity contribution is -0.137. The number of nitrogens with one attached hydrogen (secondary N) is 1. The predicted octanol–water partition coefficient (Wildman–Crippen LogP) is 4.72. The van der Waals surface area contributed by atoms with Gasteiger partial charge in [0, 0.05) is 36.2 Å². The van der Waals surface area contributed by atoms with E-state index in [0.717, 1.165) is 42.5 Å². The number of benzene rings is 2. The van der Waals surface area contributed by atoms with Crippen molar-refractivity contribution in [3.8, 4) is 0 Å². The molecule has 0 saturated heterocycles. The van der Waals surface area contributed by atoms with Crippen molar-refractivity contribution < 1.29 is 27.9 Å². The summed E-state index contributed by atoms with van der Waals surface area (Å²) in [7, 11) is 0. The highest BCUT2D eigenvalue weighted by atomic mass is 19.4. The first-order chi connectivity index (χ1) is 16.2. The van der Waals surface area contributed by atoms with Crippen LogP contribution in [0.4, 0.5) is 24.5 Å². The van der Waals surface area contributed by atoms with Crippen LogP contribution in [0, 0.1) is 5.92 Å². The lowest BCUT2D eigenvalue weighted by Crippen LogP contribution is -2.36. The summed E-state index contributed by atoms with van der Waals surface area (Å²) in [6.07, 6.45) is 0.187. The molecule has 2 aliphatic carbocycles. The maximum atomic E-state index is 13.4. The van der Waals surface area contributed by atoms with E-state index in [4.69, 9.17) is 0 Å². The first-order valence-electron chi connectivity index (χ1n) is 11.5. The van der Waals surface area contributed by atoms with Crippen LogP contribution < -0.4 is 10.2 Å². The molecular formula is C26H25F3N2O3. The quantitative estimate of drug-likeness (QED) is 0.638. The molecule has 0 aromatic heterocycles. The Morgan fingerprint density at radius 2 is 1.88 bits per heavy atom. The van der Waals surface area contributed by atoms with Crippen LogP contribution in [0.3, 0.4) is 0 Å². The third-order valence-electron chi connectivity index (χ3n) is 6.78. The zero-order valence-electron chi connectivity index (χ0n) is 18.5. The van der Waals surface area contributed by atoms with Gasteiger partial charge in [-0.25, -0.2) is 0 Å². The van der Waals surface area contributed by atoms with Crippen molar-refractivity contribution in [3.05, 3.63) is 64.7 Å². The Bertz CT molecular complexity index is 1180. The summed E-state index contributed by atoms with van der Waals surface area (Å²) in [5, 5.41) is 12.9. The van der Waals surface area contributed by atoms with E-state index < -0.39 is 23.8 Å². The van der Waals surface area contributed by atoms with Gasteiger partial charge in [0.15, 0.2) is 0 Å². The normalized spacial score (nSPS) is 21.1. The van der Waals surface area contributed by atoms with Crippen molar-refractivity contribution in [1.82, 2.24) is 0 Å². The zero-order chi connectivity index (χ0) is 24.0. The molecule has 5 nitrogen and oxygen atoms in total. The number of nitrogens with zero attached hydrogens (tertiary/aromatic N) is 1. The van der Waals surface area contributed by atoms with E-state index in [1.54, 1.807) is 6.07 Å². The van der Waals surface area contributed by atoms with Crippen LogP contribution in [0.15, 0.2) is 42.5 Å². The van der Waals surface area contributed by atoms with Crippen LogP contribution in [-0.2, 0) is 28.6 Å². The van der Waals surface area contributed by atoms with Gasteiger partial charge in [0.2, 0.25) is 11.8 Å². The van der Waals surface area contributed by atoms with E-state index in [2.05, 4.69) is 5.32 Å². The molecule has 2 amide bonds. The molecule has 34 heavy (non-hydrogen) atoms. The number of fused-ring (bicyclic) bond motifs is 2. The second-order valence-electron chi connectivity index (χ2n) is 9.24. The number of aliphatic hydroxyl groups excluding tert-OH is 1. The van der Waals surface area contributed by atoms with Crippen LogP contribution in [0.25, 0.3) is 5.57 Å². The summed E-state index contributed by atoms with van der Waals surface area (Å²) in [5.41, 5.74) is 3.07. The van der Waals surface area contributed by atoms with Gasteiger partial charge in [-0.15, -0.1) is 0 Å². The Morgan fingerprint density at radius 3 is 2.62 bits per heavy atom. The molecule has 1 fully saturated rings. The van der Waals surface area contributed by atoms with Crippen molar-refractivity contribution in [2.24, 2.45) is 5.92 Å². The van der Waals surface area contributed by atoms with Crippen molar-refractivity contribution in [2.45, 2.75) is 50.8 Å². The number of hydrogen-bond acceptors (Lipinski definition) is 3. The van der Waals surface area contributed by atoms with Gasteiger partial charge in [-0.2, -0.15) is 13.2 Å². The van der Waals surface area contributed by atoms with Gasteiger partial charge in [-0.3, -0.25) is 9.59 Å². The number of halogens is 3. The number of carbonyl (C=O) groups excluding carboxylic acids is 2. The van der Waals surface area contributed by atoms with Crippen LogP contribution in [0.1, 0.15) is 47.9 Å². The number of rotatable bonds is 3. The average Bonchev–Trinajstić information content (AvgIpc) is 3.64. The van der Waals surface area contributed by atoms with Crippen molar-refractivity contribution >= 4 is 28.8 Å². The molecule has 2 N–H and O–H groups in total. The van der Waals surface area contributed by atoms with Gasteiger partial charge in [0.05, 0.1) is 17.4 Å². The van der Waals surface area contributed by atoms with E-state index >= 15 is 0 Å². The third-order valence-corrected chi connectivity index (χ3v) is 6.78. The number of hydrogen-bond donors (Lipinski definition) is 2. The lowest BCUT2D eigenvalue weighted by Gasteiger charge is -2.32. The minimum atomic E-state index is -4.53. The maximum absolute atomic E-state index is 13.4. The largest absolute Gasteiger partial charge is 0.416 e. The molecule has 2 aromatic carbocycles. The number of aliphatic hydroxyl groups is 1. The lowest BCUT2D eigenvalue weighted by atomic mass is 9.88. The Balaban J connectivity index is 1.45. The Kier molecular flexibility index (Phi) is 5.72. The molecule has 2 aromatic rings. The standard InChI is InChI=1S/C26H25F3N2O3/c27-26(28,29)18-7-9-20-17(10-11-31(23(20)13-18)25(34)16-4-5-16)12-24(33)30-22-3-1-2-15-6-8-19(32)14-21(15)22/h1-3,7,9,12-13,16,19,32H,4-6,8,10-11,14H2,(H,30,33). The number of amides is 2. The Labute approximate surface area is 195 Å². The first kappa shape index (κ1) is 22.7.